The first-order valence-corrected chi connectivity index (χ1v) is 9.07. The van der Waals surface area contributed by atoms with Crippen LogP contribution >= 0.6 is 24.8 Å². The van der Waals surface area contributed by atoms with Crippen LogP contribution in [0.15, 0.2) is 24.4 Å². The van der Waals surface area contributed by atoms with Gasteiger partial charge in [0.05, 0.1) is 5.92 Å². The predicted molar refractivity (Wildman–Crippen MR) is 113 cm³/mol. The Balaban J connectivity index is 0.00000150. The monoisotopic (exact) mass is 440 g/mol. The van der Waals surface area contributed by atoms with Gasteiger partial charge in [-0.3, -0.25) is 14.6 Å². The number of rotatable bonds is 3. The summed E-state index contributed by atoms with van der Waals surface area (Å²) >= 11 is 0. The van der Waals surface area contributed by atoms with E-state index in [4.69, 9.17) is 0 Å². The minimum atomic E-state index is -0.695. The minimum Gasteiger partial charge on any atom is -0.351 e. The summed E-state index contributed by atoms with van der Waals surface area (Å²) in [4.78, 5) is 29.2. The Hall–Kier alpha value is -2.22. The molecular weight excluding hydrogens is 418 g/mol. The molecule has 1 unspecified atom stereocenters. The molecule has 1 atom stereocenters. The molecule has 0 fully saturated rings. The number of benzene rings is 1. The molecule has 2 amide bonds. The third-order valence-electron chi connectivity index (χ3n) is 5.28. The molecule has 0 radical (unpaired) electrons. The van der Waals surface area contributed by atoms with Crippen LogP contribution in [0, 0.1) is 12.7 Å². The zero-order valence-electron chi connectivity index (χ0n) is 15.9. The van der Waals surface area contributed by atoms with Crippen LogP contribution in [-0.2, 0) is 29.1 Å². The molecule has 1 aromatic carbocycles. The maximum Gasteiger partial charge on any atom is 0.228 e. The fourth-order valence-electron chi connectivity index (χ4n) is 3.84. The van der Waals surface area contributed by atoms with Crippen LogP contribution in [0.4, 0.5) is 10.1 Å². The first-order chi connectivity index (χ1) is 13.0. The lowest BCUT2D eigenvalue weighted by Crippen LogP contribution is -2.35. The number of amides is 2. The highest BCUT2D eigenvalue weighted by atomic mass is 35.5. The van der Waals surface area contributed by atoms with E-state index in [2.05, 4.69) is 20.9 Å². The van der Waals surface area contributed by atoms with Gasteiger partial charge in [-0.1, -0.05) is 0 Å². The summed E-state index contributed by atoms with van der Waals surface area (Å²) in [6.45, 7) is 3.96. The van der Waals surface area contributed by atoms with E-state index in [1.54, 1.807) is 0 Å². The molecule has 2 aliphatic heterocycles. The van der Waals surface area contributed by atoms with Crippen molar-refractivity contribution < 1.29 is 14.0 Å². The number of carbonyl (C=O) groups is 2. The van der Waals surface area contributed by atoms with Crippen molar-refractivity contribution in [1.82, 2.24) is 15.6 Å². The van der Waals surface area contributed by atoms with Gasteiger partial charge in [-0.25, -0.2) is 4.39 Å². The second-order valence-corrected chi connectivity index (χ2v) is 7.01. The van der Waals surface area contributed by atoms with Crippen molar-refractivity contribution in [3.63, 3.8) is 0 Å². The maximum atomic E-state index is 13.7. The molecule has 0 bridgehead atoms. The van der Waals surface area contributed by atoms with Gasteiger partial charge in [0.15, 0.2) is 0 Å². The van der Waals surface area contributed by atoms with E-state index < -0.39 is 11.7 Å². The first kappa shape index (κ1) is 23.1. The molecule has 6 nitrogen and oxygen atoms in total. The van der Waals surface area contributed by atoms with E-state index in [1.807, 2.05) is 13.1 Å². The van der Waals surface area contributed by atoms with E-state index in [0.717, 1.165) is 36.3 Å². The minimum absolute atomic E-state index is 0. The molecule has 0 spiro atoms. The number of nitrogens with one attached hydrogen (secondary N) is 3. The second kappa shape index (κ2) is 9.52. The molecule has 3 N–H and O–H groups in total. The van der Waals surface area contributed by atoms with Gasteiger partial charge in [-0.15, -0.1) is 24.8 Å². The number of nitrogens with zero attached hydrogens (tertiary/aromatic N) is 1. The van der Waals surface area contributed by atoms with Crippen LogP contribution in [0.5, 0.6) is 0 Å². The Morgan fingerprint density at radius 3 is 2.93 bits per heavy atom. The fraction of sp³-hybridized carbons (Fsp3) is 0.350. The van der Waals surface area contributed by atoms with Crippen molar-refractivity contribution in [1.29, 1.82) is 0 Å². The van der Waals surface area contributed by atoms with E-state index in [-0.39, 0.29) is 43.0 Å². The van der Waals surface area contributed by atoms with Gasteiger partial charge >= 0.3 is 0 Å². The van der Waals surface area contributed by atoms with Gasteiger partial charge in [-0.05, 0) is 60.3 Å². The van der Waals surface area contributed by atoms with Crippen molar-refractivity contribution in [2.75, 3.05) is 11.9 Å². The summed E-state index contributed by atoms with van der Waals surface area (Å²) in [5.74, 6) is -1.63. The number of hydrogen-bond donors (Lipinski definition) is 3. The Bertz CT molecular complexity index is 939. The molecule has 29 heavy (non-hydrogen) atoms. The normalized spacial score (nSPS) is 17.0. The van der Waals surface area contributed by atoms with E-state index in [0.29, 0.717) is 17.8 Å². The number of aryl methyl sites for hydroxylation is 1. The molecule has 4 rings (SSSR count). The largest absolute Gasteiger partial charge is 0.351 e. The molecule has 0 aliphatic carbocycles. The molecule has 3 heterocycles. The van der Waals surface area contributed by atoms with Crippen LogP contribution in [-0.4, -0.2) is 23.3 Å². The lowest BCUT2D eigenvalue weighted by atomic mass is 9.89. The van der Waals surface area contributed by atoms with E-state index >= 15 is 0 Å². The highest BCUT2D eigenvalue weighted by Crippen LogP contribution is 2.33. The summed E-state index contributed by atoms with van der Waals surface area (Å²) < 4.78 is 13.7. The third-order valence-corrected chi connectivity index (χ3v) is 5.28. The number of halogens is 3. The SMILES string of the molecule is Cc1ncc2c(c1CNC(=O)C1CC(=O)Nc3ccc(F)cc31)CCNC2.Cl.Cl. The number of carbonyl (C=O) groups excluding carboxylic acids is 2. The zero-order valence-corrected chi connectivity index (χ0v) is 17.5. The fourth-order valence-corrected chi connectivity index (χ4v) is 3.84. The summed E-state index contributed by atoms with van der Waals surface area (Å²) in [5, 5.41) is 8.95. The van der Waals surface area contributed by atoms with Crippen molar-refractivity contribution in [3.05, 3.63) is 58.2 Å². The molecule has 0 saturated heterocycles. The Kier molecular flexibility index (Phi) is 7.57. The van der Waals surface area contributed by atoms with Crippen molar-refractivity contribution in [2.45, 2.75) is 38.8 Å². The first-order valence-electron chi connectivity index (χ1n) is 9.07. The van der Waals surface area contributed by atoms with Gasteiger partial charge < -0.3 is 16.0 Å². The summed E-state index contributed by atoms with van der Waals surface area (Å²) in [5.41, 5.74) is 5.32. The Labute approximate surface area is 180 Å². The Morgan fingerprint density at radius 2 is 2.14 bits per heavy atom. The average molecular weight is 441 g/mol. The van der Waals surface area contributed by atoms with Gasteiger partial charge in [-0.2, -0.15) is 0 Å². The van der Waals surface area contributed by atoms with E-state index in [9.17, 15) is 14.0 Å². The van der Waals surface area contributed by atoms with Gasteiger partial charge in [0.25, 0.3) is 0 Å². The molecule has 9 heteroatoms. The number of anilines is 1. The predicted octanol–water partition coefficient (Wildman–Crippen LogP) is 2.76. The zero-order chi connectivity index (χ0) is 19.0. The number of pyridine rings is 1. The summed E-state index contributed by atoms with van der Waals surface area (Å²) in [6, 6.07) is 4.09. The number of aromatic nitrogens is 1. The van der Waals surface area contributed by atoms with Crippen LogP contribution in [0.25, 0.3) is 0 Å². The molecule has 2 aromatic rings. The van der Waals surface area contributed by atoms with Gasteiger partial charge in [0.2, 0.25) is 11.8 Å². The highest BCUT2D eigenvalue weighted by Gasteiger charge is 2.31. The lowest BCUT2D eigenvalue weighted by Gasteiger charge is -2.26. The second-order valence-electron chi connectivity index (χ2n) is 7.01. The van der Waals surface area contributed by atoms with Gasteiger partial charge in [0, 0.05) is 37.1 Å². The summed E-state index contributed by atoms with van der Waals surface area (Å²) in [6.07, 6.45) is 2.78. The standard InChI is InChI=1S/C20H21FN4O2.2ClH/c1-11-17(14-4-5-22-8-12(14)9-23-11)10-24-20(27)16-7-19(26)25-18-3-2-13(21)6-15(16)18;;/h2-3,6,9,16,22H,4-5,7-8,10H2,1H3,(H,24,27)(H,25,26);2*1H. The van der Waals surface area contributed by atoms with Crippen molar-refractivity contribution in [3.8, 4) is 0 Å². The number of hydrogen-bond acceptors (Lipinski definition) is 4. The highest BCUT2D eigenvalue weighted by molar-refractivity contribution is 6.01. The third kappa shape index (κ3) is 4.69. The molecular formula is C20H23Cl2FN4O2. The quantitative estimate of drug-likeness (QED) is 0.684. The van der Waals surface area contributed by atoms with Gasteiger partial charge in [0.1, 0.15) is 5.82 Å². The molecule has 0 saturated carbocycles. The van der Waals surface area contributed by atoms with Crippen LogP contribution in [0.2, 0.25) is 0 Å². The van der Waals surface area contributed by atoms with Crippen LogP contribution < -0.4 is 16.0 Å². The van der Waals surface area contributed by atoms with Crippen LogP contribution in [0.1, 0.15) is 40.3 Å². The maximum absolute atomic E-state index is 13.7. The molecule has 1 aromatic heterocycles. The molecule has 156 valence electrons. The topological polar surface area (TPSA) is 83.1 Å². The van der Waals surface area contributed by atoms with Crippen molar-refractivity contribution >= 4 is 42.3 Å². The Morgan fingerprint density at radius 1 is 1.34 bits per heavy atom. The van der Waals surface area contributed by atoms with Crippen molar-refractivity contribution in [2.24, 2.45) is 0 Å². The van der Waals surface area contributed by atoms with Crippen LogP contribution in [0.3, 0.4) is 0 Å². The smallest absolute Gasteiger partial charge is 0.228 e. The summed E-state index contributed by atoms with van der Waals surface area (Å²) in [7, 11) is 0. The lowest BCUT2D eigenvalue weighted by molar-refractivity contribution is -0.126. The number of fused-ring (bicyclic) bond motifs is 2. The average Bonchev–Trinajstić information content (AvgIpc) is 2.66. The van der Waals surface area contributed by atoms with E-state index in [1.165, 1.54) is 23.8 Å². The molecule has 2 aliphatic rings.